The molecule has 0 atom stereocenters. The lowest BCUT2D eigenvalue weighted by atomic mass is 10.1. The van der Waals surface area contributed by atoms with Crippen molar-refractivity contribution in [2.45, 2.75) is 19.9 Å². The minimum Gasteiger partial charge on any atom is -0.447 e. The predicted molar refractivity (Wildman–Crippen MR) is 66.3 cm³/mol. The highest BCUT2D eigenvalue weighted by molar-refractivity contribution is 5.55. The van der Waals surface area contributed by atoms with Gasteiger partial charge < -0.3 is 9.73 Å². The van der Waals surface area contributed by atoms with Crippen LogP contribution in [0.5, 0.6) is 0 Å². The van der Waals surface area contributed by atoms with Crippen LogP contribution in [0.25, 0.3) is 0 Å². The molecule has 0 unspecified atom stereocenters. The summed E-state index contributed by atoms with van der Waals surface area (Å²) in [4.78, 5) is 14.3. The van der Waals surface area contributed by atoms with Gasteiger partial charge in [-0.1, -0.05) is 13.0 Å². The first-order valence-electron chi connectivity index (χ1n) is 5.59. The van der Waals surface area contributed by atoms with Gasteiger partial charge in [0.2, 0.25) is 0 Å². The lowest BCUT2D eigenvalue weighted by Gasteiger charge is -2.06. The van der Waals surface area contributed by atoms with Crippen molar-refractivity contribution in [3.63, 3.8) is 0 Å². The largest absolute Gasteiger partial charge is 0.447 e. The van der Waals surface area contributed by atoms with E-state index < -0.39 is 0 Å². The third kappa shape index (κ3) is 2.65. The van der Waals surface area contributed by atoms with Crippen LogP contribution in [0.2, 0.25) is 0 Å². The van der Waals surface area contributed by atoms with Gasteiger partial charge >= 0.3 is 0 Å². The molecule has 18 heavy (non-hydrogen) atoms. The molecule has 0 aliphatic heterocycles. The number of nitrogens with one attached hydrogen (secondary N) is 1. The van der Waals surface area contributed by atoms with Crippen molar-refractivity contribution in [1.82, 2.24) is 4.98 Å². The van der Waals surface area contributed by atoms with Crippen molar-refractivity contribution in [3.8, 4) is 0 Å². The average Bonchev–Trinajstić information content (AvgIpc) is 2.89. The Bertz CT molecular complexity index is 538. The molecule has 0 radical (unpaired) electrons. The van der Waals surface area contributed by atoms with E-state index in [1.54, 1.807) is 12.3 Å². The fourth-order valence-corrected chi connectivity index (χ4v) is 1.66. The molecule has 1 N–H and O–H groups in total. The minimum atomic E-state index is -0.363. The Balaban J connectivity index is 2.14. The summed E-state index contributed by atoms with van der Waals surface area (Å²) in [5.41, 5.74) is 1.56. The number of nitro benzene ring substituents is 1. The Kier molecular flexibility index (Phi) is 3.57. The van der Waals surface area contributed by atoms with Gasteiger partial charge in [0.25, 0.3) is 5.69 Å². The van der Waals surface area contributed by atoms with E-state index in [4.69, 9.17) is 4.42 Å². The number of oxazole rings is 1. The highest BCUT2D eigenvalue weighted by Gasteiger charge is 2.12. The van der Waals surface area contributed by atoms with Gasteiger partial charge in [0.1, 0.15) is 5.76 Å². The molecule has 1 heterocycles. The van der Waals surface area contributed by atoms with E-state index in [0.717, 1.165) is 5.56 Å². The summed E-state index contributed by atoms with van der Waals surface area (Å²) < 4.78 is 5.07. The third-order valence-electron chi connectivity index (χ3n) is 2.61. The minimum absolute atomic E-state index is 0.139. The fraction of sp³-hybridized carbons (Fsp3) is 0.250. The van der Waals surface area contributed by atoms with E-state index >= 15 is 0 Å². The van der Waals surface area contributed by atoms with Crippen LogP contribution in [0.3, 0.4) is 0 Å². The molecule has 1 aromatic heterocycles. The number of nitro groups is 1. The third-order valence-corrected chi connectivity index (χ3v) is 2.61. The molecule has 2 rings (SSSR count). The number of rotatable bonds is 5. The quantitative estimate of drug-likeness (QED) is 0.649. The summed E-state index contributed by atoms with van der Waals surface area (Å²) in [5, 5.41) is 14.0. The molecule has 94 valence electrons. The highest BCUT2D eigenvalue weighted by atomic mass is 16.6. The van der Waals surface area contributed by atoms with Crippen molar-refractivity contribution < 1.29 is 9.34 Å². The van der Waals surface area contributed by atoms with Crippen LogP contribution in [0.15, 0.2) is 35.2 Å². The molecule has 0 aliphatic rings. The standard InChI is InChI=1S/C12H13N3O3/c1-2-9-3-4-10(5-12(9)15(16)17)14-7-11-6-13-8-18-11/h3-6,8,14H,2,7H2,1H3. The zero-order valence-corrected chi connectivity index (χ0v) is 9.92. The second-order valence-corrected chi connectivity index (χ2v) is 3.78. The van der Waals surface area contributed by atoms with Crippen LogP contribution in [-0.2, 0) is 13.0 Å². The normalized spacial score (nSPS) is 10.3. The summed E-state index contributed by atoms with van der Waals surface area (Å²) >= 11 is 0. The van der Waals surface area contributed by atoms with Crippen LogP contribution in [0.4, 0.5) is 11.4 Å². The number of hydrogen-bond acceptors (Lipinski definition) is 5. The van der Waals surface area contributed by atoms with Gasteiger partial charge in [0, 0.05) is 17.3 Å². The van der Waals surface area contributed by atoms with Crippen LogP contribution in [0.1, 0.15) is 18.2 Å². The zero-order chi connectivity index (χ0) is 13.0. The Morgan fingerprint density at radius 1 is 1.50 bits per heavy atom. The fourth-order valence-electron chi connectivity index (χ4n) is 1.66. The lowest BCUT2D eigenvalue weighted by molar-refractivity contribution is -0.385. The van der Waals surface area contributed by atoms with E-state index in [1.807, 2.05) is 13.0 Å². The van der Waals surface area contributed by atoms with Crippen LogP contribution in [0, 0.1) is 10.1 Å². The maximum absolute atomic E-state index is 10.9. The van der Waals surface area contributed by atoms with Crippen LogP contribution in [-0.4, -0.2) is 9.91 Å². The first-order chi connectivity index (χ1) is 8.70. The maximum atomic E-state index is 10.9. The number of benzene rings is 1. The summed E-state index contributed by atoms with van der Waals surface area (Å²) in [6.07, 6.45) is 3.58. The van der Waals surface area contributed by atoms with Crippen LogP contribution < -0.4 is 5.32 Å². The molecule has 1 aromatic carbocycles. The van der Waals surface area contributed by atoms with Crippen molar-refractivity contribution in [2.75, 3.05) is 5.32 Å². The number of nitrogens with zero attached hydrogens (tertiary/aromatic N) is 2. The second kappa shape index (κ2) is 5.31. The number of aromatic nitrogens is 1. The van der Waals surface area contributed by atoms with Gasteiger partial charge in [-0.05, 0) is 12.5 Å². The smallest absolute Gasteiger partial charge is 0.274 e. The molecule has 0 saturated heterocycles. The molecule has 6 heteroatoms. The summed E-state index contributed by atoms with van der Waals surface area (Å²) in [7, 11) is 0. The van der Waals surface area contributed by atoms with Crippen molar-refractivity contribution in [2.24, 2.45) is 0 Å². The Hall–Kier alpha value is -2.37. The Morgan fingerprint density at radius 3 is 2.94 bits per heavy atom. The van der Waals surface area contributed by atoms with Crippen LogP contribution >= 0.6 is 0 Å². The van der Waals surface area contributed by atoms with E-state index in [0.29, 0.717) is 24.4 Å². The molecular formula is C12H13N3O3. The summed E-state index contributed by atoms with van der Waals surface area (Å²) in [6, 6.07) is 5.12. The summed E-state index contributed by atoms with van der Waals surface area (Å²) in [6.45, 7) is 2.34. The van der Waals surface area contributed by atoms with E-state index in [2.05, 4.69) is 10.3 Å². The van der Waals surface area contributed by atoms with Gasteiger partial charge in [0.15, 0.2) is 6.39 Å². The number of hydrogen-bond donors (Lipinski definition) is 1. The number of aryl methyl sites for hydroxylation is 1. The molecular weight excluding hydrogens is 234 g/mol. The predicted octanol–water partition coefficient (Wildman–Crippen LogP) is 2.76. The SMILES string of the molecule is CCc1ccc(NCc2cnco2)cc1[N+](=O)[O-]. The van der Waals surface area contributed by atoms with Gasteiger partial charge in [-0.2, -0.15) is 0 Å². The molecule has 0 saturated carbocycles. The Labute approximate surface area is 104 Å². The highest BCUT2D eigenvalue weighted by Crippen LogP contribution is 2.23. The lowest BCUT2D eigenvalue weighted by Crippen LogP contribution is -2.00. The molecule has 0 spiro atoms. The molecule has 0 amide bonds. The first-order valence-corrected chi connectivity index (χ1v) is 5.59. The summed E-state index contributed by atoms with van der Waals surface area (Å²) in [5.74, 6) is 0.678. The van der Waals surface area contributed by atoms with E-state index in [9.17, 15) is 10.1 Å². The molecule has 0 fully saturated rings. The van der Waals surface area contributed by atoms with Crippen molar-refractivity contribution in [1.29, 1.82) is 0 Å². The van der Waals surface area contributed by atoms with E-state index in [-0.39, 0.29) is 10.6 Å². The Morgan fingerprint density at radius 2 is 2.33 bits per heavy atom. The van der Waals surface area contributed by atoms with Gasteiger partial charge in [-0.15, -0.1) is 0 Å². The number of anilines is 1. The monoisotopic (exact) mass is 247 g/mol. The molecule has 2 aromatic rings. The molecule has 0 bridgehead atoms. The average molecular weight is 247 g/mol. The topological polar surface area (TPSA) is 81.2 Å². The zero-order valence-electron chi connectivity index (χ0n) is 9.92. The van der Waals surface area contributed by atoms with Crippen molar-refractivity contribution >= 4 is 11.4 Å². The first kappa shape index (κ1) is 12.1. The molecule has 0 aliphatic carbocycles. The van der Waals surface area contributed by atoms with Crippen molar-refractivity contribution in [3.05, 3.63) is 52.2 Å². The second-order valence-electron chi connectivity index (χ2n) is 3.78. The van der Waals surface area contributed by atoms with Gasteiger partial charge in [0.05, 0.1) is 17.7 Å². The molecule has 6 nitrogen and oxygen atoms in total. The van der Waals surface area contributed by atoms with Gasteiger partial charge in [-0.3, -0.25) is 10.1 Å². The van der Waals surface area contributed by atoms with Gasteiger partial charge in [-0.25, -0.2) is 4.98 Å². The van der Waals surface area contributed by atoms with E-state index in [1.165, 1.54) is 12.5 Å². The maximum Gasteiger partial charge on any atom is 0.274 e.